The highest BCUT2D eigenvalue weighted by molar-refractivity contribution is 7.91. The Hall–Kier alpha value is -0.870. The maximum Gasteiger partial charge on any atom is 0.153 e. The molecule has 0 saturated carbocycles. The molecule has 1 aliphatic heterocycles. The van der Waals surface area contributed by atoms with Gasteiger partial charge >= 0.3 is 0 Å². The minimum Gasteiger partial charge on any atom is -0.312 e. The van der Waals surface area contributed by atoms with Crippen LogP contribution in [0.3, 0.4) is 0 Å². The summed E-state index contributed by atoms with van der Waals surface area (Å²) < 4.78 is 23.0. The topological polar surface area (TPSA) is 46.2 Å². The van der Waals surface area contributed by atoms with Crippen molar-refractivity contribution >= 4 is 9.84 Å². The van der Waals surface area contributed by atoms with Crippen LogP contribution in [0.5, 0.6) is 0 Å². The number of hydrogen-bond acceptors (Lipinski definition) is 3. The van der Waals surface area contributed by atoms with Crippen molar-refractivity contribution in [2.75, 3.05) is 18.1 Å². The minimum atomic E-state index is -2.83. The normalized spacial score (nSPS) is 23.5. The Morgan fingerprint density at radius 2 is 1.88 bits per heavy atom. The number of rotatable bonds is 3. The van der Waals surface area contributed by atoms with Crippen LogP contribution >= 0.6 is 0 Å². The van der Waals surface area contributed by atoms with E-state index in [1.54, 1.807) is 0 Å². The van der Waals surface area contributed by atoms with E-state index >= 15 is 0 Å². The van der Waals surface area contributed by atoms with Gasteiger partial charge in [0.1, 0.15) is 0 Å². The second-order valence-electron chi connectivity index (χ2n) is 4.64. The number of hydrogen-bond donors (Lipinski definition) is 1. The Kier molecular flexibility index (Phi) is 3.84. The molecule has 1 saturated heterocycles. The third kappa shape index (κ3) is 3.54. The van der Waals surface area contributed by atoms with Crippen LogP contribution in [0.1, 0.15) is 18.1 Å². The molecule has 1 aliphatic rings. The highest BCUT2D eigenvalue weighted by atomic mass is 32.2. The van der Waals surface area contributed by atoms with Crippen LogP contribution in [0, 0.1) is 0 Å². The highest BCUT2D eigenvalue weighted by Gasteiger charge is 2.23. The van der Waals surface area contributed by atoms with Gasteiger partial charge in [-0.2, -0.15) is 0 Å². The van der Waals surface area contributed by atoms with Crippen LogP contribution in [0.25, 0.3) is 0 Å². The van der Waals surface area contributed by atoms with Crippen molar-refractivity contribution in [3.05, 3.63) is 35.4 Å². The minimum absolute atomic E-state index is 0.0706. The molecule has 4 heteroatoms. The van der Waals surface area contributed by atoms with Gasteiger partial charge in [0, 0.05) is 12.6 Å². The zero-order valence-electron chi connectivity index (χ0n) is 10.1. The van der Waals surface area contributed by atoms with E-state index in [2.05, 4.69) is 36.5 Å². The molecule has 0 aliphatic carbocycles. The van der Waals surface area contributed by atoms with E-state index in [0.29, 0.717) is 6.54 Å². The summed E-state index contributed by atoms with van der Waals surface area (Å²) >= 11 is 0. The van der Waals surface area contributed by atoms with Crippen LogP contribution < -0.4 is 5.32 Å². The fraction of sp³-hybridized carbons (Fsp3) is 0.538. The average molecular weight is 253 g/mol. The van der Waals surface area contributed by atoms with E-state index in [1.807, 2.05) is 0 Å². The van der Waals surface area contributed by atoms with Crippen LogP contribution in [-0.4, -0.2) is 32.5 Å². The number of benzene rings is 1. The number of sulfone groups is 1. The molecule has 3 nitrogen and oxygen atoms in total. The lowest BCUT2D eigenvalue weighted by Crippen LogP contribution is -2.46. The summed E-state index contributed by atoms with van der Waals surface area (Å²) in [6, 6.07) is 8.50. The monoisotopic (exact) mass is 253 g/mol. The Morgan fingerprint density at radius 3 is 2.47 bits per heavy atom. The Morgan fingerprint density at radius 1 is 1.24 bits per heavy atom. The summed E-state index contributed by atoms with van der Waals surface area (Å²) in [6.45, 7) is 2.71. The van der Waals surface area contributed by atoms with Gasteiger partial charge in [0.2, 0.25) is 0 Å². The van der Waals surface area contributed by atoms with Gasteiger partial charge in [-0.05, 0) is 24.0 Å². The van der Waals surface area contributed by atoms with Gasteiger partial charge in [-0.3, -0.25) is 0 Å². The lowest BCUT2D eigenvalue weighted by atomic mass is 10.0. The maximum absolute atomic E-state index is 11.5. The molecule has 17 heavy (non-hydrogen) atoms. The lowest BCUT2D eigenvalue weighted by molar-refractivity contribution is 0.515. The summed E-state index contributed by atoms with van der Waals surface area (Å²) in [6.07, 6.45) is 1.83. The Balaban J connectivity index is 2.00. The van der Waals surface area contributed by atoms with Gasteiger partial charge in [0.25, 0.3) is 0 Å². The number of aryl methyl sites for hydroxylation is 1. The molecule has 1 atom stereocenters. The average Bonchev–Trinajstić information content (AvgIpc) is 2.29. The molecular weight excluding hydrogens is 234 g/mol. The fourth-order valence-electron chi connectivity index (χ4n) is 2.19. The second-order valence-corrected chi connectivity index (χ2v) is 6.87. The van der Waals surface area contributed by atoms with E-state index in [-0.39, 0.29) is 17.5 Å². The van der Waals surface area contributed by atoms with Crippen molar-refractivity contribution in [3.63, 3.8) is 0 Å². The first kappa shape index (κ1) is 12.6. The molecular formula is C13H19NO2S. The van der Waals surface area contributed by atoms with Gasteiger partial charge in [0.05, 0.1) is 11.5 Å². The molecule has 1 aromatic rings. The van der Waals surface area contributed by atoms with Crippen LogP contribution in [0.15, 0.2) is 24.3 Å². The van der Waals surface area contributed by atoms with Crippen LogP contribution in [-0.2, 0) is 22.7 Å². The Labute approximate surface area is 103 Å². The van der Waals surface area contributed by atoms with E-state index in [9.17, 15) is 8.42 Å². The zero-order chi connectivity index (χ0) is 12.3. The number of nitrogens with one attached hydrogen (secondary N) is 1. The van der Waals surface area contributed by atoms with Gasteiger partial charge < -0.3 is 5.32 Å². The molecule has 1 heterocycles. The fourth-order valence-corrected chi connectivity index (χ4v) is 3.64. The summed E-state index contributed by atoms with van der Waals surface area (Å²) in [4.78, 5) is 0. The summed E-state index contributed by atoms with van der Waals surface area (Å²) in [5.74, 6) is 0.542. The molecule has 0 bridgehead atoms. The van der Waals surface area contributed by atoms with E-state index in [0.717, 1.165) is 12.8 Å². The molecule has 0 amide bonds. The highest BCUT2D eigenvalue weighted by Crippen LogP contribution is 2.10. The largest absolute Gasteiger partial charge is 0.312 e. The van der Waals surface area contributed by atoms with Crippen molar-refractivity contribution in [2.45, 2.75) is 25.8 Å². The first-order valence-corrected chi connectivity index (χ1v) is 7.93. The van der Waals surface area contributed by atoms with E-state index in [1.165, 1.54) is 11.1 Å². The van der Waals surface area contributed by atoms with Crippen molar-refractivity contribution < 1.29 is 8.42 Å². The smallest absolute Gasteiger partial charge is 0.153 e. The van der Waals surface area contributed by atoms with Crippen LogP contribution in [0.4, 0.5) is 0 Å². The molecule has 1 fully saturated rings. The van der Waals surface area contributed by atoms with E-state index < -0.39 is 9.84 Å². The molecule has 1 aromatic carbocycles. The third-order valence-corrected chi connectivity index (χ3v) is 4.95. The standard InChI is InChI=1S/C13H19NO2S/c1-2-11-3-5-12(6-4-11)9-13-10-17(15,16)8-7-14-13/h3-6,13-14H,2,7-10H2,1H3. The van der Waals surface area contributed by atoms with Gasteiger partial charge in [-0.25, -0.2) is 8.42 Å². The molecule has 0 radical (unpaired) electrons. The maximum atomic E-state index is 11.5. The second kappa shape index (κ2) is 5.19. The molecule has 94 valence electrons. The molecule has 0 aromatic heterocycles. The predicted octanol–water partition coefficient (Wildman–Crippen LogP) is 1.18. The summed E-state index contributed by atoms with van der Waals surface area (Å²) in [5, 5.41) is 3.27. The molecule has 1 unspecified atom stereocenters. The molecule has 2 rings (SSSR count). The molecule has 1 N–H and O–H groups in total. The first-order valence-electron chi connectivity index (χ1n) is 6.10. The predicted molar refractivity (Wildman–Crippen MR) is 70.0 cm³/mol. The Bertz CT molecular complexity index is 465. The SMILES string of the molecule is CCc1ccc(CC2CS(=O)(=O)CCN2)cc1. The first-order chi connectivity index (χ1) is 8.09. The van der Waals surface area contributed by atoms with E-state index in [4.69, 9.17) is 0 Å². The van der Waals surface area contributed by atoms with Crippen molar-refractivity contribution in [2.24, 2.45) is 0 Å². The van der Waals surface area contributed by atoms with Crippen molar-refractivity contribution in [1.29, 1.82) is 0 Å². The molecule has 0 spiro atoms. The van der Waals surface area contributed by atoms with Crippen molar-refractivity contribution in [1.82, 2.24) is 5.32 Å². The third-order valence-electron chi connectivity index (χ3n) is 3.21. The lowest BCUT2D eigenvalue weighted by Gasteiger charge is -2.23. The van der Waals surface area contributed by atoms with Gasteiger partial charge in [-0.15, -0.1) is 0 Å². The quantitative estimate of drug-likeness (QED) is 0.880. The van der Waals surface area contributed by atoms with Gasteiger partial charge in [0.15, 0.2) is 9.84 Å². The summed E-state index contributed by atoms with van der Waals surface area (Å²) in [5.41, 5.74) is 2.52. The summed E-state index contributed by atoms with van der Waals surface area (Å²) in [7, 11) is -2.83. The zero-order valence-corrected chi connectivity index (χ0v) is 11.0. The van der Waals surface area contributed by atoms with Crippen molar-refractivity contribution in [3.8, 4) is 0 Å². The van der Waals surface area contributed by atoms with Gasteiger partial charge in [-0.1, -0.05) is 31.2 Å². The van der Waals surface area contributed by atoms with Crippen LogP contribution in [0.2, 0.25) is 0 Å².